The minimum atomic E-state index is -6.16. The first-order chi connectivity index (χ1) is 13.1. The standard InChI is InChI=1S/C7H6F8O3.C5H6F4O3/c1-17-6(12,13)4(8,9)3(16)5(10,11)7(14,15)18-2;1-11-3(10)4(6,7)5(8,9)12-2/h1-2H3;1-2H3. The SMILES string of the molecule is COC(=O)C(F)(F)C(F)(F)OC.COC(F)(F)C(F)(F)C(=O)C(F)(F)C(F)(F)OC. The number of hydrogen-bond donors (Lipinski definition) is 0. The number of halogens is 12. The van der Waals surface area contributed by atoms with E-state index in [0.717, 1.165) is 0 Å². The van der Waals surface area contributed by atoms with Gasteiger partial charge in [0, 0.05) is 21.3 Å². The van der Waals surface area contributed by atoms with Crippen LogP contribution < -0.4 is 0 Å². The fourth-order valence-electron chi connectivity index (χ4n) is 1.09. The fourth-order valence-corrected chi connectivity index (χ4v) is 1.09. The minimum Gasteiger partial charge on any atom is -0.464 e. The molecule has 0 N–H and O–H groups in total. The molecule has 0 fully saturated rings. The Morgan fingerprint density at radius 3 is 0.933 bits per heavy atom. The normalized spacial score (nSPS) is 14.0. The highest BCUT2D eigenvalue weighted by atomic mass is 19.3. The van der Waals surface area contributed by atoms with E-state index in [2.05, 4.69) is 18.9 Å². The first kappa shape index (κ1) is 30.4. The van der Waals surface area contributed by atoms with Crippen molar-refractivity contribution in [2.24, 2.45) is 0 Å². The number of alkyl halides is 12. The fraction of sp³-hybridized carbons (Fsp3) is 0.833. The number of hydrogen-bond acceptors (Lipinski definition) is 6. The van der Waals surface area contributed by atoms with Crippen molar-refractivity contribution in [1.82, 2.24) is 0 Å². The van der Waals surface area contributed by atoms with Crippen LogP contribution in [-0.2, 0) is 28.5 Å². The quantitative estimate of drug-likeness (QED) is 0.373. The number of ether oxygens (including phenoxy) is 4. The third kappa shape index (κ3) is 5.65. The first-order valence-corrected chi connectivity index (χ1v) is 6.63. The molecule has 6 nitrogen and oxygen atoms in total. The third-order valence-electron chi connectivity index (χ3n) is 2.88. The molecule has 0 spiro atoms. The van der Waals surface area contributed by atoms with Gasteiger partial charge in [-0.2, -0.15) is 52.7 Å². The molecule has 0 aromatic rings. The van der Waals surface area contributed by atoms with Gasteiger partial charge in [0.05, 0.1) is 7.11 Å². The van der Waals surface area contributed by atoms with Gasteiger partial charge in [0.2, 0.25) is 0 Å². The van der Waals surface area contributed by atoms with E-state index in [0.29, 0.717) is 14.2 Å². The summed E-state index contributed by atoms with van der Waals surface area (Å²) in [7, 11) is 0.889. The summed E-state index contributed by atoms with van der Waals surface area (Å²) in [6, 6.07) is 0. The van der Waals surface area contributed by atoms with Crippen molar-refractivity contribution < 1.29 is 81.2 Å². The molecule has 0 aromatic carbocycles. The van der Waals surface area contributed by atoms with Crippen LogP contribution in [0, 0.1) is 0 Å². The zero-order chi connectivity index (χ0) is 25.0. The second kappa shape index (κ2) is 9.54. The van der Waals surface area contributed by atoms with Crippen molar-refractivity contribution in [3.8, 4) is 0 Å². The first-order valence-electron chi connectivity index (χ1n) is 6.63. The summed E-state index contributed by atoms with van der Waals surface area (Å²) in [5.41, 5.74) is 0. The van der Waals surface area contributed by atoms with Crippen molar-refractivity contribution in [2.45, 2.75) is 36.1 Å². The molecule has 0 atom stereocenters. The van der Waals surface area contributed by atoms with E-state index in [-0.39, 0.29) is 14.2 Å². The Morgan fingerprint density at radius 2 is 0.733 bits per heavy atom. The molecule has 0 heterocycles. The van der Waals surface area contributed by atoms with E-state index in [1.165, 1.54) is 0 Å². The molecule has 0 unspecified atom stereocenters. The highest BCUT2D eigenvalue weighted by Crippen LogP contribution is 2.45. The molecule has 0 rings (SSSR count). The molecule has 0 radical (unpaired) electrons. The van der Waals surface area contributed by atoms with Crippen molar-refractivity contribution in [3.05, 3.63) is 0 Å². The average Bonchev–Trinajstić information content (AvgIpc) is 2.66. The van der Waals surface area contributed by atoms with Gasteiger partial charge in [-0.25, -0.2) is 4.79 Å². The number of esters is 1. The second-order valence-electron chi connectivity index (χ2n) is 4.71. The summed E-state index contributed by atoms with van der Waals surface area (Å²) in [5.74, 6) is -23.6. The Bertz CT molecular complexity index is 577. The van der Waals surface area contributed by atoms with Crippen LogP contribution in [0.25, 0.3) is 0 Å². The van der Waals surface area contributed by atoms with Gasteiger partial charge < -0.3 is 18.9 Å². The Hall–Kier alpha value is -1.82. The van der Waals surface area contributed by atoms with Crippen LogP contribution >= 0.6 is 0 Å². The van der Waals surface area contributed by atoms with Crippen LogP contribution in [0.15, 0.2) is 0 Å². The Morgan fingerprint density at radius 1 is 0.500 bits per heavy atom. The van der Waals surface area contributed by atoms with E-state index in [1.54, 1.807) is 0 Å². The molecular formula is C12H12F12O6. The number of methoxy groups -OCH3 is 4. The van der Waals surface area contributed by atoms with Gasteiger partial charge in [0.1, 0.15) is 0 Å². The predicted molar refractivity (Wildman–Crippen MR) is 67.7 cm³/mol. The summed E-state index contributed by atoms with van der Waals surface area (Å²) < 4.78 is 161. The summed E-state index contributed by atoms with van der Waals surface area (Å²) in [5, 5.41) is 0. The van der Waals surface area contributed by atoms with Crippen LogP contribution in [0.5, 0.6) is 0 Å². The van der Waals surface area contributed by atoms with Gasteiger partial charge in [0.15, 0.2) is 0 Å². The van der Waals surface area contributed by atoms with Crippen LogP contribution in [0.3, 0.4) is 0 Å². The van der Waals surface area contributed by atoms with E-state index in [1.807, 2.05) is 0 Å². The molecule has 0 saturated heterocycles. The lowest BCUT2D eigenvalue weighted by molar-refractivity contribution is -0.353. The number of carbonyl (C=O) groups is 2. The van der Waals surface area contributed by atoms with Crippen molar-refractivity contribution in [2.75, 3.05) is 28.4 Å². The lowest BCUT2D eigenvalue weighted by Gasteiger charge is -2.29. The highest BCUT2D eigenvalue weighted by molar-refractivity contribution is 5.93. The summed E-state index contributed by atoms with van der Waals surface area (Å²) in [6.07, 6.45) is -16.2. The molecular weight excluding hydrogens is 468 g/mol. The third-order valence-corrected chi connectivity index (χ3v) is 2.88. The number of carbonyl (C=O) groups excluding carboxylic acids is 2. The molecule has 18 heteroatoms. The molecule has 0 aromatic heterocycles. The maximum Gasteiger partial charge on any atom is 0.431 e. The Balaban J connectivity index is 0. The Labute approximate surface area is 159 Å². The number of Topliss-reactive ketones (excluding diaryl/α,β-unsaturated/α-hetero) is 1. The molecule has 0 saturated carbocycles. The molecule has 0 aliphatic rings. The van der Waals surface area contributed by atoms with E-state index in [9.17, 15) is 62.3 Å². The Kier molecular flexibility index (Phi) is 9.66. The lowest BCUT2D eigenvalue weighted by atomic mass is 10.1. The zero-order valence-corrected chi connectivity index (χ0v) is 15.0. The van der Waals surface area contributed by atoms with Crippen LogP contribution in [0.2, 0.25) is 0 Å². The van der Waals surface area contributed by atoms with Gasteiger partial charge >= 0.3 is 42.1 Å². The van der Waals surface area contributed by atoms with Crippen molar-refractivity contribution >= 4 is 11.8 Å². The number of ketones is 1. The average molecular weight is 480 g/mol. The minimum absolute atomic E-state index is 0.0200. The van der Waals surface area contributed by atoms with Crippen LogP contribution in [0.4, 0.5) is 52.7 Å². The maximum atomic E-state index is 12.7. The molecule has 180 valence electrons. The molecule has 0 bridgehead atoms. The largest absolute Gasteiger partial charge is 0.464 e. The van der Waals surface area contributed by atoms with Crippen molar-refractivity contribution in [3.63, 3.8) is 0 Å². The topological polar surface area (TPSA) is 71.1 Å². The van der Waals surface area contributed by atoms with Crippen LogP contribution in [-0.4, -0.2) is 76.3 Å². The molecule has 30 heavy (non-hydrogen) atoms. The molecule has 0 aliphatic carbocycles. The van der Waals surface area contributed by atoms with Crippen LogP contribution in [0.1, 0.15) is 0 Å². The number of rotatable bonds is 9. The molecule has 0 aliphatic heterocycles. The van der Waals surface area contributed by atoms with Gasteiger partial charge in [-0.1, -0.05) is 0 Å². The lowest BCUT2D eigenvalue weighted by Crippen LogP contribution is -2.60. The van der Waals surface area contributed by atoms with E-state index < -0.39 is 47.8 Å². The highest BCUT2D eigenvalue weighted by Gasteiger charge is 2.76. The zero-order valence-electron chi connectivity index (χ0n) is 15.0. The second-order valence-corrected chi connectivity index (χ2v) is 4.71. The van der Waals surface area contributed by atoms with E-state index >= 15 is 0 Å². The van der Waals surface area contributed by atoms with Gasteiger partial charge in [-0.15, -0.1) is 0 Å². The van der Waals surface area contributed by atoms with E-state index in [4.69, 9.17) is 0 Å². The van der Waals surface area contributed by atoms with Gasteiger partial charge in [-0.05, 0) is 0 Å². The van der Waals surface area contributed by atoms with Gasteiger partial charge in [0.25, 0.3) is 5.78 Å². The smallest absolute Gasteiger partial charge is 0.431 e. The van der Waals surface area contributed by atoms with Gasteiger partial charge in [-0.3, -0.25) is 4.79 Å². The maximum absolute atomic E-state index is 12.7. The monoisotopic (exact) mass is 480 g/mol. The predicted octanol–water partition coefficient (Wildman–Crippen LogP) is 3.34. The molecule has 0 amide bonds. The van der Waals surface area contributed by atoms with Crippen molar-refractivity contribution in [1.29, 1.82) is 0 Å². The summed E-state index contributed by atoms with van der Waals surface area (Å²) >= 11 is 0. The summed E-state index contributed by atoms with van der Waals surface area (Å²) in [4.78, 5) is 20.6. The summed E-state index contributed by atoms with van der Waals surface area (Å²) in [6.45, 7) is 0.